The number of hydrogen-bond acceptors (Lipinski definition) is 3. The summed E-state index contributed by atoms with van der Waals surface area (Å²) in [6.45, 7) is 7.95. The van der Waals surface area contributed by atoms with Crippen LogP contribution in [0.2, 0.25) is 0 Å². The van der Waals surface area contributed by atoms with E-state index in [0.29, 0.717) is 6.42 Å². The highest BCUT2D eigenvalue weighted by Gasteiger charge is 2.24. The molecule has 0 aliphatic rings. The summed E-state index contributed by atoms with van der Waals surface area (Å²) in [6, 6.07) is 7.34. The molecule has 0 aliphatic heterocycles. The number of carboxylic acid groups (broad SMARTS) is 1. The third kappa shape index (κ3) is 4.85. The zero-order chi connectivity index (χ0) is 15.3. The van der Waals surface area contributed by atoms with Crippen molar-refractivity contribution in [3.63, 3.8) is 0 Å². The van der Waals surface area contributed by atoms with Crippen LogP contribution in [0.25, 0.3) is 0 Å². The van der Waals surface area contributed by atoms with Gasteiger partial charge in [0.15, 0.2) is 0 Å². The van der Waals surface area contributed by atoms with Crippen LogP contribution in [0.3, 0.4) is 0 Å². The highest BCUT2D eigenvalue weighted by Crippen LogP contribution is 2.17. The SMILES string of the molecule is CC(C)Oc1ccc(CC(C(=O)O)N(C)C(C)C)cc1. The Morgan fingerprint density at radius 2 is 1.75 bits per heavy atom. The van der Waals surface area contributed by atoms with Crippen LogP contribution in [0, 0.1) is 0 Å². The summed E-state index contributed by atoms with van der Waals surface area (Å²) >= 11 is 0. The Morgan fingerprint density at radius 3 is 2.15 bits per heavy atom. The molecule has 0 aromatic heterocycles. The van der Waals surface area contributed by atoms with Gasteiger partial charge in [0.2, 0.25) is 0 Å². The molecule has 112 valence electrons. The Morgan fingerprint density at radius 1 is 1.20 bits per heavy atom. The number of nitrogens with zero attached hydrogens (tertiary/aromatic N) is 1. The minimum Gasteiger partial charge on any atom is -0.491 e. The number of rotatable bonds is 7. The maximum Gasteiger partial charge on any atom is 0.321 e. The molecule has 0 amide bonds. The number of ether oxygens (including phenoxy) is 1. The van der Waals surface area contributed by atoms with Gasteiger partial charge < -0.3 is 9.84 Å². The fraction of sp³-hybridized carbons (Fsp3) is 0.562. The monoisotopic (exact) mass is 279 g/mol. The van der Waals surface area contributed by atoms with Gasteiger partial charge in [0.05, 0.1) is 6.10 Å². The molecule has 1 atom stereocenters. The van der Waals surface area contributed by atoms with Crippen molar-refractivity contribution in [1.82, 2.24) is 4.90 Å². The molecule has 1 rings (SSSR count). The van der Waals surface area contributed by atoms with Crippen LogP contribution < -0.4 is 4.74 Å². The molecule has 1 unspecified atom stereocenters. The van der Waals surface area contributed by atoms with Crippen LogP contribution in [-0.4, -0.2) is 41.2 Å². The smallest absolute Gasteiger partial charge is 0.321 e. The fourth-order valence-corrected chi connectivity index (χ4v) is 1.96. The summed E-state index contributed by atoms with van der Waals surface area (Å²) in [5, 5.41) is 9.36. The number of carbonyl (C=O) groups is 1. The summed E-state index contributed by atoms with van der Waals surface area (Å²) in [4.78, 5) is 13.3. The number of hydrogen-bond donors (Lipinski definition) is 1. The van der Waals surface area contributed by atoms with Gasteiger partial charge in [-0.3, -0.25) is 9.69 Å². The summed E-state index contributed by atoms with van der Waals surface area (Å²) in [6.07, 6.45) is 0.631. The van der Waals surface area contributed by atoms with E-state index < -0.39 is 12.0 Å². The molecule has 0 bridgehead atoms. The second-order valence-corrected chi connectivity index (χ2v) is 5.63. The molecule has 1 aromatic carbocycles. The topological polar surface area (TPSA) is 49.8 Å². The second-order valence-electron chi connectivity index (χ2n) is 5.63. The van der Waals surface area contributed by atoms with E-state index >= 15 is 0 Å². The molecule has 0 heterocycles. The van der Waals surface area contributed by atoms with Gasteiger partial charge >= 0.3 is 5.97 Å². The second kappa shape index (κ2) is 7.29. The number of carboxylic acids is 1. The molecule has 4 nitrogen and oxygen atoms in total. The van der Waals surface area contributed by atoms with Crippen molar-refractivity contribution >= 4 is 5.97 Å². The van der Waals surface area contributed by atoms with Gasteiger partial charge in [0, 0.05) is 6.04 Å². The van der Waals surface area contributed by atoms with Crippen LogP contribution >= 0.6 is 0 Å². The van der Waals surface area contributed by atoms with Crippen molar-refractivity contribution < 1.29 is 14.6 Å². The van der Waals surface area contributed by atoms with Crippen molar-refractivity contribution in [3.8, 4) is 5.75 Å². The normalized spacial score (nSPS) is 13.0. The van der Waals surface area contributed by atoms with Gasteiger partial charge in [-0.15, -0.1) is 0 Å². The Hall–Kier alpha value is -1.55. The summed E-state index contributed by atoms with van der Waals surface area (Å²) in [5.74, 6) is 0.0246. The van der Waals surface area contributed by atoms with Gasteiger partial charge in [-0.1, -0.05) is 12.1 Å². The number of benzene rings is 1. The molecule has 1 aromatic rings. The molecule has 4 heteroatoms. The van der Waals surface area contributed by atoms with Crippen LogP contribution in [0.4, 0.5) is 0 Å². The van der Waals surface area contributed by atoms with Crippen LogP contribution in [0.1, 0.15) is 33.3 Å². The molecule has 0 saturated carbocycles. The van der Waals surface area contributed by atoms with E-state index in [1.165, 1.54) is 0 Å². The van der Waals surface area contributed by atoms with E-state index in [-0.39, 0.29) is 12.1 Å². The molecule has 0 spiro atoms. The lowest BCUT2D eigenvalue weighted by atomic mass is 10.0. The average molecular weight is 279 g/mol. The first-order valence-electron chi connectivity index (χ1n) is 7.01. The lowest BCUT2D eigenvalue weighted by Gasteiger charge is -2.28. The van der Waals surface area contributed by atoms with Crippen LogP contribution in [-0.2, 0) is 11.2 Å². The molecule has 0 fully saturated rings. The van der Waals surface area contributed by atoms with Crippen molar-refractivity contribution in [3.05, 3.63) is 29.8 Å². The Labute approximate surface area is 121 Å². The molecule has 0 saturated heterocycles. The van der Waals surface area contributed by atoms with E-state index in [0.717, 1.165) is 11.3 Å². The largest absolute Gasteiger partial charge is 0.491 e. The predicted octanol–water partition coefficient (Wildman–Crippen LogP) is 2.81. The van der Waals surface area contributed by atoms with E-state index in [1.54, 1.807) is 0 Å². The van der Waals surface area contributed by atoms with Crippen molar-refractivity contribution in [2.45, 2.75) is 52.3 Å². The highest BCUT2D eigenvalue weighted by atomic mass is 16.5. The molecule has 0 radical (unpaired) electrons. The first-order valence-corrected chi connectivity index (χ1v) is 7.01. The highest BCUT2D eigenvalue weighted by molar-refractivity contribution is 5.74. The van der Waals surface area contributed by atoms with Gasteiger partial charge in [0.25, 0.3) is 0 Å². The lowest BCUT2D eigenvalue weighted by Crippen LogP contribution is -2.43. The Balaban J connectivity index is 2.76. The zero-order valence-corrected chi connectivity index (χ0v) is 13.0. The Kier molecular flexibility index (Phi) is 6.02. The lowest BCUT2D eigenvalue weighted by molar-refractivity contribution is -0.143. The number of likely N-dealkylation sites (N-methyl/N-ethyl adjacent to an activating group) is 1. The van der Waals surface area contributed by atoms with Gasteiger partial charge in [-0.05, 0) is 58.9 Å². The van der Waals surface area contributed by atoms with E-state index in [2.05, 4.69) is 0 Å². The van der Waals surface area contributed by atoms with Crippen molar-refractivity contribution in [1.29, 1.82) is 0 Å². The van der Waals surface area contributed by atoms with Crippen molar-refractivity contribution in [2.75, 3.05) is 7.05 Å². The number of aliphatic carboxylic acids is 1. The predicted molar refractivity (Wildman–Crippen MR) is 80.2 cm³/mol. The molecule has 0 aliphatic carbocycles. The Bertz CT molecular complexity index is 426. The zero-order valence-electron chi connectivity index (χ0n) is 13.0. The van der Waals surface area contributed by atoms with Crippen molar-refractivity contribution in [2.24, 2.45) is 0 Å². The molecule has 20 heavy (non-hydrogen) atoms. The minimum absolute atomic E-state index is 0.139. The van der Waals surface area contributed by atoms with E-state index in [4.69, 9.17) is 4.74 Å². The van der Waals surface area contributed by atoms with Crippen LogP contribution in [0.15, 0.2) is 24.3 Å². The third-order valence-corrected chi connectivity index (χ3v) is 3.32. The van der Waals surface area contributed by atoms with E-state index in [1.807, 2.05) is 63.9 Å². The standard InChI is InChI=1S/C16H25NO3/c1-11(2)17(5)15(16(18)19)10-13-6-8-14(9-7-13)20-12(3)4/h6-9,11-12,15H,10H2,1-5H3,(H,18,19). The minimum atomic E-state index is -0.788. The third-order valence-electron chi connectivity index (χ3n) is 3.32. The molecular weight excluding hydrogens is 254 g/mol. The van der Waals surface area contributed by atoms with Gasteiger partial charge in [0.1, 0.15) is 11.8 Å². The maximum absolute atomic E-state index is 11.4. The molecular formula is C16H25NO3. The van der Waals surface area contributed by atoms with E-state index in [9.17, 15) is 9.90 Å². The summed E-state index contributed by atoms with van der Waals surface area (Å²) in [7, 11) is 1.85. The summed E-state index contributed by atoms with van der Waals surface area (Å²) < 4.78 is 5.58. The van der Waals surface area contributed by atoms with Crippen LogP contribution in [0.5, 0.6) is 5.75 Å². The quantitative estimate of drug-likeness (QED) is 0.834. The van der Waals surface area contributed by atoms with Gasteiger partial charge in [-0.25, -0.2) is 0 Å². The maximum atomic E-state index is 11.4. The first kappa shape index (κ1) is 16.5. The molecule has 1 N–H and O–H groups in total. The van der Waals surface area contributed by atoms with Gasteiger partial charge in [-0.2, -0.15) is 0 Å². The first-order chi connectivity index (χ1) is 9.31. The average Bonchev–Trinajstić information content (AvgIpc) is 2.35. The summed E-state index contributed by atoms with van der Waals surface area (Å²) in [5.41, 5.74) is 1.00. The fourth-order valence-electron chi connectivity index (χ4n) is 1.96.